The van der Waals surface area contributed by atoms with Gasteiger partial charge in [0.2, 0.25) is 0 Å². The molecule has 16 heavy (non-hydrogen) atoms. The van der Waals surface area contributed by atoms with Gasteiger partial charge in [0.15, 0.2) is 5.65 Å². The molecule has 0 bridgehead atoms. The zero-order valence-electron chi connectivity index (χ0n) is 11.7. The number of fused-ring (bicyclic) bond motifs is 1. The molecule has 2 rings (SSSR count). The van der Waals surface area contributed by atoms with Crippen LogP contribution in [0.15, 0.2) is 24.5 Å². The first-order valence-electron chi connectivity index (χ1n) is 6.13. The molecule has 0 amide bonds. The molecule has 92 valence electrons. The van der Waals surface area contributed by atoms with E-state index in [1.807, 2.05) is 71.1 Å². The molecule has 0 saturated carbocycles. The van der Waals surface area contributed by atoms with Crippen LogP contribution >= 0.6 is 0 Å². The summed E-state index contributed by atoms with van der Waals surface area (Å²) < 4.78 is 1.94. The summed E-state index contributed by atoms with van der Waals surface area (Å²) in [6.07, 6.45) is 1.71. The van der Waals surface area contributed by atoms with Gasteiger partial charge < -0.3 is 0 Å². The van der Waals surface area contributed by atoms with Gasteiger partial charge in [0, 0.05) is 5.69 Å². The average Bonchev–Trinajstić information content (AvgIpc) is 2.87. The van der Waals surface area contributed by atoms with E-state index in [-0.39, 0.29) is 0 Å². The maximum Gasteiger partial charge on any atom is 0.160 e. The highest BCUT2D eigenvalue weighted by Gasteiger charge is 1.93. The molecule has 0 atom stereocenters. The van der Waals surface area contributed by atoms with E-state index in [4.69, 9.17) is 0 Å². The van der Waals surface area contributed by atoms with Crippen molar-refractivity contribution in [2.45, 2.75) is 48.5 Å². The minimum Gasteiger partial charge on any atom is -0.286 e. The zero-order chi connectivity index (χ0) is 13.0. The van der Waals surface area contributed by atoms with Crippen molar-refractivity contribution < 1.29 is 0 Å². The van der Waals surface area contributed by atoms with Crippen LogP contribution < -0.4 is 0 Å². The number of aromatic nitrogens is 3. The molecule has 0 fully saturated rings. The number of aryl methyl sites for hydroxylation is 1. The summed E-state index contributed by atoms with van der Waals surface area (Å²) in [5.41, 5.74) is 2.06. The van der Waals surface area contributed by atoms with Crippen molar-refractivity contribution in [3.63, 3.8) is 0 Å². The fourth-order valence-corrected chi connectivity index (χ4v) is 0.983. The lowest BCUT2D eigenvalue weighted by Crippen LogP contribution is -1.86. The Hall–Kier alpha value is -1.38. The quantitative estimate of drug-likeness (QED) is 0.672. The lowest BCUT2D eigenvalue weighted by molar-refractivity contribution is 1.07. The Kier molecular flexibility index (Phi) is 12.4. The summed E-state index contributed by atoms with van der Waals surface area (Å²) in [4.78, 5) is 0. The van der Waals surface area contributed by atoms with Crippen LogP contribution in [0.1, 0.15) is 47.2 Å². The maximum absolute atomic E-state index is 3.89. The fourth-order valence-electron chi connectivity index (χ4n) is 0.983. The standard InChI is InChI=1S/C7H7N3.3C2H6/c1-6-3-2-4-7-9-8-5-10(6)7;3*1-2/h2-5H,1H3;3*1-2H3. The van der Waals surface area contributed by atoms with Gasteiger partial charge in [-0.15, -0.1) is 10.2 Å². The number of nitrogens with zero attached hydrogens (tertiary/aromatic N) is 3. The number of hydrogen-bond donors (Lipinski definition) is 0. The van der Waals surface area contributed by atoms with Crippen LogP contribution in [0, 0.1) is 6.92 Å². The van der Waals surface area contributed by atoms with E-state index in [1.165, 1.54) is 0 Å². The van der Waals surface area contributed by atoms with Crippen molar-refractivity contribution in [3.05, 3.63) is 30.2 Å². The molecule has 2 aromatic heterocycles. The Morgan fingerprint density at radius 2 is 1.50 bits per heavy atom. The summed E-state index contributed by atoms with van der Waals surface area (Å²) in [7, 11) is 0. The second kappa shape index (κ2) is 11.7. The average molecular weight is 223 g/mol. The van der Waals surface area contributed by atoms with Crippen LogP contribution in [0.3, 0.4) is 0 Å². The van der Waals surface area contributed by atoms with Crippen molar-refractivity contribution in [3.8, 4) is 0 Å². The SMILES string of the molecule is CC.CC.CC.Cc1cccc2nncn12. The monoisotopic (exact) mass is 223 g/mol. The van der Waals surface area contributed by atoms with Crippen molar-refractivity contribution in [1.29, 1.82) is 0 Å². The highest BCUT2D eigenvalue weighted by molar-refractivity contribution is 5.37. The van der Waals surface area contributed by atoms with E-state index >= 15 is 0 Å². The number of hydrogen-bond acceptors (Lipinski definition) is 2. The van der Waals surface area contributed by atoms with E-state index in [1.54, 1.807) is 6.33 Å². The highest BCUT2D eigenvalue weighted by atomic mass is 15.2. The molecule has 0 unspecified atom stereocenters. The summed E-state index contributed by atoms with van der Waals surface area (Å²) >= 11 is 0. The third kappa shape index (κ3) is 4.91. The highest BCUT2D eigenvalue weighted by Crippen LogP contribution is 2.01. The van der Waals surface area contributed by atoms with E-state index < -0.39 is 0 Å². The Labute approximate surface area is 99.5 Å². The maximum atomic E-state index is 3.89. The lowest BCUT2D eigenvalue weighted by Gasteiger charge is -1.94. The molecule has 0 spiro atoms. The van der Waals surface area contributed by atoms with Crippen molar-refractivity contribution in [2.24, 2.45) is 0 Å². The van der Waals surface area contributed by atoms with Crippen molar-refractivity contribution in [2.75, 3.05) is 0 Å². The minimum absolute atomic E-state index is 0.903. The molecule has 0 aliphatic heterocycles. The van der Waals surface area contributed by atoms with E-state index in [9.17, 15) is 0 Å². The molecular formula is C13H25N3. The minimum atomic E-state index is 0.903. The Morgan fingerprint density at radius 3 is 2.00 bits per heavy atom. The normalized spacial score (nSPS) is 7.69. The van der Waals surface area contributed by atoms with Crippen LogP contribution in [0.2, 0.25) is 0 Å². The van der Waals surface area contributed by atoms with Gasteiger partial charge in [0.25, 0.3) is 0 Å². The van der Waals surface area contributed by atoms with E-state index in [0.717, 1.165) is 11.3 Å². The molecule has 0 aromatic carbocycles. The molecule has 3 heteroatoms. The molecule has 3 nitrogen and oxygen atoms in total. The molecule has 0 radical (unpaired) electrons. The van der Waals surface area contributed by atoms with Gasteiger partial charge >= 0.3 is 0 Å². The number of rotatable bonds is 0. The summed E-state index contributed by atoms with van der Waals surface area (Å²) in [6.45, 7) is 14.0. The molecule has 0 N–H and O–H groups in total. The predicted octanol–water partition coefficient (Wildman–Crippen LogP) is 4.12. The van der Waals surface area contributed by atoms with Crippen LogP contribution in [0.5, 0.6) is 0 Å². The number of pyridine rings is 1. The first kappa shape index (κ1) is 17.0. The molecule has 0 aliphatic rings. The zero-order valence-corrected chi connectivity index (χ0v) is 11.7. The first-order valence-corrected chi connectivity index (χ1v) is 6.13. The Morgan fingerprint density at radius 1 is 0.938 bits per heavy atom. The summed E-state index contributed by atoms with van der Waals surface area (Å²) in [5, 5.41) is 7.67. The van der Waals surface area contributed by atoms with Gasteiger partial charge in [0.1, 0.15) is 6.33 Å². The van der Waals surface area contributed by atoms with Crippen molar-refractivity contribution >= 4 is 5.65 Å². The van der Waals surface area contributed by atoms with E-state index in [2.05, 4.69) is 10.2 Å². The van der Waals surface area contributed by atoms with Crippen LogP contribution in [0.4, 0.5) is 0 Å². The Bertz CT molecular complexity index is 353. The van der Waals surface area contributed by atoms with Crippen molar-refractivity contribution in [1.82, 2.24) is 14.6 Å². The second-order valence-corrected chi connectivity index (χ2v) is 2.23. The molecule has 0 saturated heterocycles. The molecule has 2 aromatic rings. The van der Waals surface area contributed by atoms with Gasteiger partial charge in [-0.2, -0.15) is 0 Å². The smallest absolute Gasteiger partial charge is 0.160 e. The van der Waals surface area contributed by atoms with Gasteiger partial charge in [-0.3, -0.25) is 4.40 Å². The van der Waals surface area contributed by atoms with E-state index in [0.29, 0.717) is 0 Å². The first-order chi connectivity index (χ1) is 7.88. The van der Waals surface area contributed by atoms with Gasteiger partial charge in [0.05, 0.1) is 0 Å². The van der Waals surface area contributed by atoms with Gasteiger partial charge in [-0.1, -0.05) is 47.6 Å². The third-order valence-corrected chi connectivity index (χ3v) is 1.54. The van der Waals surface area contributed by atoms with Crippen LogP contribution in [-0.4, -0.2) is 14.6 Å². The molecular weight excluding hydrogens is 198 g/mol. The second-order valence-electron chi connectivity index (χ2n) is 2.23. The predicted molar refractivity (Wildman–Crippen MR) is 71.8 cm³/mol. The largest absolute Gasteiger partial charge is 0.286 e. The Balaban J connectivity index is 0. The van der Waals surface area contributed by atoms with Crippen LogP contribution in [0.25, 0.3) is 5.65 Å². The van der Waals surface area contributed by atoms with Crippen LogP contribution in [-0.2, 0) is 0 Å². The third-order valence-electron chi connectivity index (χ3n) is 1.54. The summed E-state index contributed by atoms with van der Waals surface area (Å²) in [6, 6.07) is 5.93. The molecule has 2 heterocycles. The fraction of sp³-hybridized carbons (Fsp3) is 0.538. The summed E-state index contributed by atoms with van der Waals surface area (Å²) in [5.74, 6) is 0. The van der Waals surface area contributed by atoms with Gasteiger partial charge in [-0.25, -0.2) is 0 Å². The van der Waals surface area contributed by atoms with Gasteiger partial charge in [-0.05, 0) is 19.1 Å². The molecule has 0 aliphatic carbocycles. The topological polar surface area (TPSA) is 30.2 Å². The lowest BCUT2D eigenvalue weighted by atomic mass is 10.4.